The van der Waals surface area contributed by atoms with E-state index in [1.54, 1.807) is 6.20 Å². The topological polar surface area (TPSA) is 97.6 Å². The highest BCUT2D eigenvalue weighted by atomic mass is 16.5. The SMILES string of the molecule is NC1=C(O)C(=O)C(c2c[nH]c3ccc(OCc4ccccc4)cc23)O1. The molecule has 1 aliphatic heterocycles. The lowest BCUT2D eigenvalue weighted by Gasteiger charge is -2.10. The second-order valence-corrected chi connectivity index (χ2v) is 5.80. The third-order valence-electron chi connectivity index (χ3n) is 4.17. The van der Waals surface area contributed by atoms with Crippen LogP contribution in [0.25, 0.3) is 10.9 Å². The average molecular weight is 336 g/mol. The van der Waals surface area contributed by atoms with Crippen LogP contribution in [0.5, 0.6) is 5.75 Å². The van der Waals surface area contributed by atoms with E-state index in [4.69, 9.17) is 15.2 Å². The number of carbonyl (C=O) groups is 1. The summed E-state index contributed by atoms with van der Waals surface area (Å²) in [6.07, 6.45) is 0.734. The first kappa shape index (κ1) is 15.1. The van der Waals surface area contributed by atoms with Crippen LogP contribution < -0.4 is 10.5 Å². The molecule has 0 saturated heterocycles. The molecule has 0 bridgehead atoms. The van der Waals surface area contributed by atoms with Crippen LogP contribution in [0.15, 0.2) is 66.4 Å². The monoisotopic (exact) mass is 336 g/mol. The highest BCUT2D eigenvalue weighted by Gasteiger charge is 2.36. The molecule has 1 unspecified atom stereocenters. The fraction of sp³-hybridized carbons (Fsp3) is 0.105. The number of Topliss-reactive ketones (excluding diaryl/α,β-unsaturated/α-hetero) is 1. The van der Waals surface area contributed by atoms with E-state index in [-0.39, 0.29) is 5.88 Å². The number of hydrogen-bond acceptors (Lipinski definition) is 5. The number of fused-ring (bicyclic) bond motifs is 1. The Morgan fingerprint density at radius 3 is 2.72 bits per heavy atom. The standard InChI is InChI=1S/C19H16N2O4/c20-19-17(23)16(22)18(25-19)14-9-21-15-7-6-12(8-13(14)15)24-10-11-4-2-1-3-5-11/h1-9,18,21,23H,10,20H2. The van der Waals surface area contributed by atoms with Crippen LogP contribution >= 0.6 is 0 Å². The van der Waals surface area contributed by atoms with Crippen LogP contribution in [0.4, 0.5) is 0 Å². The van der Waals surface area contributed by atoms with Gasteiger partial charge < -0.3 is 25.3 Å². The molecule has 0 spiro atoms. The van der Waals surface area contributed by atoms with E-state index in [9.17, 15) is 9.90 Å². The average Bonchev–Trinajstić information content (AvgIpc) is 3.16. The predicted octanol–water partition coefficient (Wildman–Crippen LogP) is 3.07. The number of aliphatic hydroxyl groups is 1. The highest BCUT2D eigenvalue weighted by molar-refractivity contribution is 6.02. The number of hydrogen-bond donors (Lipinski definition) is 3. The number of aromatic nitrogens is 1. The first-order valence-electron chi connectivity index (χ1n) is 7.81. The van der Waals surface area contributed by atoms with Crippen molar-refractivity contribution in [2.75, 3.05) is 0 Å². The summed E-state index contributed by atoms with van der Waals surface area (Å²) >= 11 is 0. The number of carbonyl (C=O) groups excluding carboxylic acids is 1. The van der Waals surface area contributed by atoms with Crippen molar-refractivity contribution in [3.63, 3.8) is 0 Å². The second kappa shape index (κ2) is 5.90. The minimum Gasteiger partial charge on any atom is -0.501 e. The number of H-pyrrole nitrogens is 1. The molecule has 4 N–H and O–H groups in total. The Bertz CT molecular complexity index is 976. The van der Waals surface area contributed by atoms with Crippen LogP contribution in [-0.4, -0.2) is 15.9 Å². The number of benzene rings is 2. The number of aromatic amines is 1. The van der Waals surface area contributed by atoms with Crippen molar-refractivity contribution < 1.29 is 19.4 Å². The maximum atomic E-state index is 12.1. The lowest BCUT2D eigenvalue weighted by molar-refractivity contribution is -0.123. The highest BCUT2D eigenvalue weighted by Crippen LogP contribution is 2.35. The number of nitrogens with two attached hydrogens (primary N) is 1. The summed E-state index contributed by atoms with van der Waals surface area (Å²) in [7, 11) is 0. The van der Waals surface area contributed by atoms with Crippen molar-refractivity contribution >= 4 is 16.7 Å². The van der Waals surface area contributed by atoms with Gasteiger partial charge in [-0.15, -0.1) is 0 Å². The first-order chi connectivity index (χ1) is 12.1. The molecule has 126 valence electrons. The number of ketones is 1. The van der Waals surface area contributed by atoms with Crippen LogP contribution in [0, 0.1) is 0 Å². The van der Waals surface area contributed by atoms with Gasteiger partial charge in [-0.1, -0.05) is 30.3 Å². The molecule has 2 aromatic carbocycles. The third-order valence-corrected chi connectivity index (χ3v) is 4.17. The summed E-state index contributed by atoms with van der Waals surface area (Å²) in [6, 6.07) is 15.4. The van der Waals surface area contributed by atoms with Gasteiger partial charge in [-0.3, -0.25) is 4.79 Å². The quantitative estimate of drug-likeness (QED) is 0.680. The lowest BCUT2D eigenvalue weighted by Crippen LogP contribution is -2.09. The lowest BCUT2D eigenvalue weighted by atomic mass is 10.0. The Kier molecular flexibility index (Phi) is 3.57. The van der Waals surface area contributed by atoms with Gasteiger partial charge in [-0.2, -0.15) is 0 Å². The van der Waals surface area contributed by atoms with Crippen molar-refractivity contribution in [3.05, 3.63) is 77.5 Å². The number of rotatable bonds is 4. The Morgan fingerprint density at radius 2 is 2.00 bits per heavy atom. The molecule has 4 rings (SSSR count). The van der Waals surface area contributed by atoms with Crippen molar-refractivity contribution in [2.45, 2.75) is 12.7 Å². The molecule has 0 aliphatic carbocycles. The molecule has 1 aromatic heterocycles. The van der Waals surface area contributed by atoms with E-state index >= 15 is 0 Å². The van der Waals surface area contributed by atoms with E-state index < -0.39 is 17.6 Å². The zero-order valence-corrected chi connectivity index (χ0v) is 13.2. The summed E-state index contributed by atoms with van der Waals surface area (Å²) in [5.41, 5.74) is 8.01. The minimum atomic E-state index is -0.946. The zero-order valence-electron chi connectivity index (χ0n) is 13.2. The Hall–Kier alpha value is -3.41. The van der Waals surface area contributed by atoms with E-state index in [0.29, 0.717) is 17.9 Å². The molecule has 1 aliphatic rings. The predicted molar refractivity (Wildman–Crippen MR) is 91.7 cm³/mol. The van der Waals surface area contributed by atoms with Crippen LogP contribution in [0.1, 0.15) is 17.2 Å². The van der Waals surface area contributed by atoms with Crippen LogP contribution in [0.3, 0.4) is 0 Å². The van der Waals surface area contributed by atoms with Gasteiger partial charge in [0.1, 0.15) is 12.4 Å². The van der Waals surface area contributed by atoms with Gasteiger partial charge in [-0.25, -0.2) is 0 Å². The fourth-order valence-corrected chi connectivity index (χ4v) is 2.86. The van der Waals surface area contributed by atoms with Gasteiger partial charge in [0, 0.05) is 22.7 Å². The first-order valence-corrected chi connectivity index (χ1v) is 7.81. The molecule has 0 amide bonds. The zero-order chi connectivity index (χ0) is 17.4. The number of aliphatic hydroxyl groups excluding tert-OH is 1. The van der Waals surface area contributed by atoms with Crippen LogP contribution in [-0.2, 0) is 16.1 Å². The smallest absolute Gasteiger partial charge is 0.247 e. The second-order valence-electron chi connectivity index (χ2n) is 5.80. The van der Waals surface area contributed by atoms with Gasteiger partial charge in [0.25, 0.3) is 0 Å². The molecular formula is C19H16N2O4. The third kappa shape index (κ3) is 2.67. The maximum absolute atomic E-state index is 12.1. The van der Waals surface area contributed by atoms with Gasteiger partial charge >= 0.3 is 0 Å². The van der Waals surface area contributed by atoms with Crippen molar-refractivity contribution in [2.24, 2.45) is 5.73 Å². The van der Waals surface area contributed by atoms with Crippen LogP contribution in [0.2, 0.25) is 0 Å². The van der Waals surface area contributed by atoms with Crippen molar-refractivity contribution in [1.29, 1.82) is 0 Å². The van der Waals surface area contributed by atoms with E-state index in [2.05, 4.69) is 4.98 Å². The van der Waals surface area contributed by atoms with Gasteiger partial charge in [0.05, 0.1) is 0 Å². The molecule has 2 heterocycles. The molecule has 0 radical (unpaired) electrons. The minimum absolute atomic E-state index is 0.249. The maximum Gasteiger partial charge on any atom is 0.247 e. The molecule has 6 heteroatoms. The Labute approximate surface area is 143 Å². The van der Waals surface area contributed by atoms with Crippen molar-refractivity contribution in [1.82, 2.24) is 4.98 Å². The molecular weight excluding hydrogens is 320 g/mol. The summed E-state index contributed by atoms with van der Waals surface area (Å²) < 4.78 is 11.1. The normalized spacial score (nSPS) is 17.1. The van der Waals surface area contributed by atoms with Gasteiger partial charge in [0.15, 0.2) is 6.10 Å². The summed E-state index contributed by atoms with van der Waals surface area (Å²) in [5, 5.41) is 10.4. The van der Waals surface area contributed by atoms with E-state index in [1.165, 1.54) is 0 Å². The summed E-state index contributed by atoms with van der Waals surface area (Å²) in [6.45, 7) is 0.445. The van der Waals surface area contributed by atoms with Gasteiger partial charge in [0.2, 0.25) is 17.4 Å². The molecule has 25 heavy (non-hydrogen) atoms. The Balaban J connectivity index is 1.61. The number of ether oxygens (including phenoxy) is 2. The number of nitrogens with one attached hydrogen (secondary N) is 1. The Morgan fingerprint density at radius 1 is 1.20 bits per heavy atom. The molecule has 1 atom stereocenters. The summed E-state index contributed by atoms with van der Waals surface area (Å²) in [5.74, 6) is -0.654. The molecule has 3 aromatic rings. The largest absolute Gasteiger partial charge is 0.501 e. The fourth-order valence-electron chi connectivity index (χ4n) is 2.86. The molecule has 0 fully saturated rings. The molecule has 0 saturated carbocycles. The summed E-state index contributed by atoms with van der Waals surface area (Å²) in [4.78, 5) is 15.2. The van der Waals surface area contributed by atoms with Crippen molar-refractivity contribution in [3.8, 4) is 5.75 Å². The van der Waals surface area contributed by atoms with E-state index in [0.717, 1.165) is 16.5 Å². The van der Waals surface area contributed by atoms with Gasteiger partial charge in [-0.05, 0) is 23.8 Å². The molecule has 6 nitrogen and oxygen atoms in total. The van der Waals surface area contributed by atoms with E-state index in [1.807, 2.05) is 48.5 Å².